The molecule has 0 aliphatic rings. The van der Waals surface area contributed by atoms with Crippen LogP contribution < -0.4 is 5.32 Å². The van der Waals surface area contributed by atoms with Crippen LogP contribution in [0.1, 0.15) is 21.5 Å². The zero-order valence-electron chi connectivity index (χ0n) is 12.8. The molecule has 3 heteroatoms. The highest BCUT2D eigenvalue weighted by Gasteiger charge is 2.07. The molecule has 3 aromatic rings. The van der Waals surface area contributed by atoms with E-state index in [1.165, 1.54) is 0 Å². The van der Waals surface area contributed by atoms with E-state index in [2.05, 4.69) is 17.2 Å². The van der Waals surface area contributed by atoms with E-state index < -0.39 is 0 Å². The molecule has 1 N–H and O–H groups in total. The number of anilines is 1. The summed E-state index contributed by atoms with van der Waals surface area (Å²) in [6.45, 7) is 0. The van der Waals surface area contributed by atoms with Crippen molar-refractivity contribution < 1.29 is 4.79 Å². The second-order valence-electron chi connectivity index (χ2n) is 5.13. The van der Waals surface area contributed by atoms with Gasteiger partial charge in [-0.2, -0.15) is 0 Å². The van der Waals surface area contributed by atoms with Crippen molar-refractivity contribution in [1.82, 2.24) is 0 Å². The molecule has 116 valence electrons. The van der Waals surface area contributed by atoms with Gasteiger partial charge in [-0.1, -0.05) is 53.8 Å². The van der Waals surface area contributed by atoms with Crippen molar-refractivity contribution >= 4 is 23.2 Å². The molecule has 0 atom stereocenters. The van der Waals surface area contributed by atoms with Crippen LogP contribution in [0.3, 0.4) is 0 Å². The summed E-state index contributed by atoms with van der Waals surface area (Å²) in [5.74, 6) is 5.97. The third-order valence-corrected chi connectivity index (χ3v) is 3.72. The maximum atomic E-state index is 12.3. The van der Waals surface area contributed by atoms with E-state index in [9.17, 15) is 4.79 Å². The van der Waals surface area contributed by atoms with Crippen LogP contribution >= 0.6 is 11.6 Å². The van der Waals surface area contributed by atoms with Gasteiger partial charge in [-0.3, -0.25) is 4.79 Å². The fourth-order valence-electron chi connectivity index (χ4n) is 2.13. The first kappa shape index (κ1) is 15.9. The lowest BCUT2D eigenvalue weighted by Crippen LogP contribution is -2.12. The quantitative estimate of drug-likeness (QED) is 0.658. The number of benzene rings is 3. The van der Waals surface area contributed by atoms with Crippen LogP contribution in [0.4, 0.5) is 5.69 Å². The molecule has 0 radical (unpaired) electrons. The molecule has 0 bridgehead atoms. The van der Waals surface area contributed by atoms with Crippen molar-refractivity contribution in [3.63, 3.8) is 0 Å². The molecule has 0 unspecified atom stereocenters. The lowest BCUT2D eigenvalue weighted by molar-refractivity contribution is 0.102. The van der Waals surface area contributed by atoms with Gasteiger partial charge in [0, 0.05) is 16.7 Å². The van der Waals surface area contributed by atoms with E-state index in [1.807, 2.05) is 54.6 Å². The van der Waals surface area contributed by atoms with Crippen LogP contribution in [0.25, 0.3) is 0 Å². The molecule has 3 rings (SSSR count). The third-order valence-electron chi connectivity index (χ3n) is 3.39. The minimum Gasteiger partial charge on any atom is -0.321 e. The number of nitrogens with one attached hydrogen (secondary N) is 1. The maximum Gasteiger partial charge on any atom is 0.255 e. The van der Waals surface area contributed by atoms with Crippen LogP contribution in [0, 0.1) is 11.8 Å². The highest BCUT2D eigenvalue weighted by atomic mass is 35.5. The van der Waals surface area contributed by atoms with E-state index in [1.54, 1.807) is 24.3 Å². The third kappa shape index (κ3) is 4.04. The lowest BCUT2D eigenvalue weighted by Gasteiger charge is -2.06. The Kier molecular flexibility index (Phi) is 4.96. The number of rotatable bonds is 2. The average Bonchev–Trinajstić information content (AvgIpc) is 2.63. The monoisotopic (exact) mass is 331 g/mol. The summed E-state index contributed by atoms with van der Waals surface area (Å²) >= 11 is 6.05. The first-order valence-corrected chi connectivity index (χ1v) is 7.83. The smallest absolute Gasteiger partial charge is 0.255 e. The van der Waals surface area contributed by atoms with Crippen molar-refractivity contribution in [2.24, 2.45) is 0 Å². The van der Waals surface area contributed by atoms with Crippen molar-refractivity contribution in [2.45, 2.75) is 0 Å². The van der Waals surface area contributed by atoms with Gasteiger partial charge in [0.1, 0.15) is 0 Å². The molecule has 0 aliphatic carbocycles. The summed E-state index contributed by atoms with van der Waals surface area (Å²) in [6.07, 6.45) is 0. The fourth-order valence-corrected chi connectivity index (χ4v) is 2.31. The van der Waals surface area contributed by atoms with Gasteiger partial charge in [0.05, 0.1) is 10.7 Å². The van der Waals surface area contributed by atoms with Crippen molar-refractivity contribution in [3.05, 3.63) is 101 Å². The summed E-state index contributed by atoms with van der Waals surface area (Å²) in [6, 6.07) is 24.1. The largest absolute Gasteiger partial charge is 0.321 e. The van der Waals surface area contributed by atoms with Gasteiger partial charge in [0.15, 0.2) is 0 Å². The van der Waals surface area contributed by atoms with Gasteiger partial charge in [-0.25, -0.2) is 0 Å². The van der Waals surface area contributed by atoms with E-state index in [0.29, 0.717) is 16.3 Å². The Morgan fingerprint density at radius 3 is 2.00 bits per heavy atom. The Morgan fingerprint density at radius 2 is 1.33 bits per heavy atom. The molecule has 0 spiro atoms. The van der Waals surface area contributed by atoms with Gasteiger partial charge >= 0.3 is 0 Å². The van der Waals surface area contributed by atoms with E-state index in [-0.39, 0.29) is 5.91 Å². The Hall–Kier alpha value is -3.02. The van der Waals surface area contributed by atoms with E-state index in [4.69, 9.17) is 11.6 Å². The molecule has 0 heterocycles. The topological polar surface area (TPSA) is 29.1 Å². The second kappa shape index (κ2) is 7.50. The van der Waals surface area contributed by atoms with Crippen molar-refractivity contribution in [1.29, 1.82) is 0 Å². The fraction of sp³-hybridized carbons (Fsp3) is 0. The predicted molar refractivity (Wildman–Crippen MR) is 98.3 cm³/mol. The highest BCUT2D eigenvalue weighted by Crippen LogP contribution is 2.21. The number of carbonyl (C=O) groups excluding carboxylic acids is 1. The minimum absolute atomic E-state index is 0.203. The number of hydrogen-bond acceptors (Lipinski definition) is 1. The van der Waals surface area contributed by atoms with E-state index in [0.717, 1.165) is 11.1 Å². The van der Waals surface area contributed by atoms with E-state index >= 15 is 0 Å². The Balaban J connectivity index is 1.72. The summed E-state index contributed by atoms with van der Waals surface area (Å²) in [5.41, 5.74) is 2.96. The first-order valence-electron chi connectivity index (χ1n) is 7.45. The van der Waals surface area contributed by atoms with Crippen LogP contribution in [0.15, 0.2) is 78.9 Å². The Labute approximate surface area is 146 Å². The molecule has 0 saturated carbocycles. The molecule has 3 aromatic carbocycles. The number of hydrogen-bond donors (Lipinski definition) is 1. The highest BCUT2D eigenvalue weighted by molar-refractivity contribution is 6.33. The minimum atomic E-state index is -0.203. The Bertz CT molecular complexity index is 906. The average molecular weight is 332 g/mol. The molecule has 24 heavy (non-hydrogen) atoms. The lowest BCUT2D eigenvalue weighted by atomic mass is 10.1. The number of carbonyl (C=O) groups is 1. The standard InChI is InChI=1S/C21H14ClNO/c22-19-8-4-5-9-20(19)23-21(24)18-14-12-17(13-15-18)11-10-16-6-2-1-3-7-16/h1-9,12-15H,(H,23,24). The SMILES string of the molecule is O=C(Nc1ccccc1Cl)c1ccc(C#Cc2ccccc2)cc1. The van der Waals surface area contributed by atoms with Gasteiger partial charge in [-0.15, -0.1) is 0 Å². The molecule has 0 fully saturated rings. The summed E-state index contributed by atoms with van der Waals surface area (Å²) in [4.78, 5) is 12.3. The van der Waals surface area contributed by atoms with Crippen LogP contribution in [0.2, 0.25) is 5.02 Å². The van der Waals surface area contributed by atoms with Gasteiger partial charge in [0.2, 0.25) is 0 Å². The van der Waals surface area contributed by atoms with Crippen LogP contribution in [-0.4, -0.2) is 5.91 Å². The molecule has 0 aliphatic heterocycles. The Morgan fingerprint density at radius 1 is 0.750 bits per heavy atom. The van der Waals surface area contributed by atoms with Gasteiger partial charge in [0.25, 0.3) is 5.91 Å². The second-order valence-corrected chi connectivity index (χ2v) is 5.53. The van der Waals surface area contributed by atoms with Crippen molar-refractivity contribution in [3.8, 4) is 11.8 Å². The molecule has 2 nitrogen and oxygen atoms in total. The zero-order valence-corrected chi connectivity index (χ0v) is 13.5. The number of halogens is 1. The van der Waals surface area contributed by atoms with Crippen molar-refractivity contribution in [2.75, 3.05) is 5.32 Å². The molecule has 0 saturated heterocycles. The number of amides is 1. The molecule has 1 amide bonds. The zero-order chi connectivity index (χ0) is 16.8. The maximum absolute atomic E-state index is 12.3. The van der Waals surface area contributed by atoms with Gasteiger partial charge < -0.3 is 5.32 Å². The molecular weight excluding hydrogens is 318 g/mol. The summed E-state index contributed by atoms with van der Waals surface area (Å²) < 4.78 is 0. The normalized spacial score (nSPS) is 9.71. The molecule has 0 aromatic heterocycles. The number of para-hydroxylation sites is 1. The summed E-state index contributed by atoms with van der Waals surface area (Å²) in [5, 5.41) is 3.31. The molecular formula is C21H14ClNO. The predicted octanol–water partition coefficient (Wildman–Crippen LogP) is 4.99. The van der Waals surface area contributed by atoms with Gasteiger partial charge in [-0.05, 0) is 48.5 Å². The van der Waals surface area contributed by atoms with Crippen LogP contribution in [0.5, 0.6) is 0 Å². The summed E-state index contributed by atoms with van der Waals surface area (Å²) in [7, 11) is 0. The van der Waals surface area contributed by atoms with Crippen LogP contribution in [-0.2, 0) is 0 Å². The first-order chi connectivity index (χ1) is 11.7.